The maximum Gasteiger partial charge on any atom is 0.326 e. The average molecular weight is 638 g/mol. The quantitative estimate of drug-likeness (QED) is 0.0507. The maximum absolute atomic E-state index is 13.2. The van der Waals surface area contributed by atoms with Gasteiger partial charge in [-0.25, -0.2) is 4.79 Å². The molecule has 0 aromatic heterocycles. The van der Waals surface area contributed by atoms with E-state index in [1.54, 1.807) is 18.2 Å². The van der Waals surface area contributed by atoms with E-state index in [1.165, 1.54) is 26.4 Å². The van der Waals surface area contributed by atoms with E-state index in [4.69, 9.17) is 10.8 Å². The van der Waals surface area contributed by atoms with E-state index in [9.17, 15) is 34.2 Å². The van der Waals surface area contributed by atoms with E-state index in [0.29, 0.717) is 6.42 Å². The zero-order valence-electron chi connectivity index (χ0n) is 25.6. The van der Waals surface area contributed by atoms with Crippen molar-refractivity contribution in [1.82, 2.24) is 10.2 Å². The molecule has 1 fully saturated rings. The number of carboxylic acids is 2. The summed E-state index contributed by atoms with van der Waals surface area (Å²) in [5.41, 5.74) is 4.24. The first-order valence-corrected chi connectivity index (χ1v) is 15.9. The Kier molecular flexibility index (Phi) is 18.7. The van der Waals surface area contributed by atoms with Gasteiger partial charge in [0, 0.05) is 23.8 Å². The van der Waals surface area contributed by atoms with Crippen molar-refractivity contribution in [1.29, 1.82) is 0 Å². The van der Waals surface area contributed by atoms with Gasteiger partial charge in [0.05, 0.1) is 13.2 Å². The molecule has 1 heterocycles. The van der Waals surface area contributed by atoms with Crippen LogP contribution >= 0.6 is 11.8 Å². The standard InChI is InChI=1S/C31H47N3O9S/c1-3-4-5-6-7-8-9-10-11-12-13-14-17-25(24(35)16-15-18-28(39)43-2)44-22-31(32,30(42)33-21-27(37)38)34-23(29(40)41)19-20-26(34)36/h7-8,10-14,17,23-25,35H,3-6,9,15-16,18-22,32H2,1-2H3,(H,33,42)(H,37,38)(H,40,41)/b8-7-,11-10-,13-12-,17-14-/t23-,24-,25+,31+/m0/s1. The summed E-state index contributed by atoms with van der Waals surface area (Å²) in [6.07, 6.45) is 20.0. The van der Waals surface area contributed by atoms with Crippen LogP contribution in [0.3, 0.4) is 0 Å². The number of amides is 2. The fraction of sp³-hybridized carbons (Fsp3) is 0.581. The van der Waals surface area contributed by atoms with Crippen molar-refractivity contribution in [2.75, 3.05) is 19.4 Å². The van der Waals surface area contributed by atoms with Crippen LogP contribution in [-0.2, 0) is 28.7 Å². The molecule has 1 aliphatic heterocycles. The van der Waals surface area contributed by atoms with Gasteiger partial charge >= 0.3 is 17.9 Å². The number of nitrogens with one attached hydrogen (secondary N) is 1. The average Bonchev–Trinajstić information content (AvgIpc) is 3.39. The first kappa shape index (κ1) is 38.6. The molecule has 1 saturated heterocycles. The van der Waals surface area contributed by atoms with Gasteiger partial charge in [0.1, 0.15) is 12.6 Å². The second kappa shape index (κ2) is 21.3. The molecule has 0 aromatic carbocycles. The van der Waals surface area contributed by atoms with Crippen LogP contribution in [-0.4, -0.2) is 92.4 Å². The summed E-state index contributed by atoms with van der Waals surface area (Å²) >= 11 is 1.02. The summed E-state index contributed by atoms with van der Waals surface area (Å²) in [5.74, 6) is -5.13. The van der Waals surface area contributed by atoms with Crippen molar-refractivity contribution in [3.63, 3.8) is 0 Å². The second-order valence-electron chi connectivity index (χ2n) is 10.4. The summed E-state index contributed by atoms with van der Waals surface area (Å²) in [4.78, 5) is 61.2. The molecule has 4 atom stereocenters. The van der Waals surface area contributed by atoms with Crippen molar-refractivity contribution in [2.45, 2.75) is 94.2 Å². The van der Waals surface area contributed by atoms with Crippen molar-refractivity contribution >= 4 is 41.5 Å². The van der Waals surface area contributed by atoms with Crippen LogP contribution in [0.5, 0.6) is 0 Å². The monoisotopic (exact) mass is 637 g/mol. The van der Waals surface area contributed by atoms with Crippen LogP contribution in [0, 0.1) is 0 Å². The van der Waals surface area contributed by atoms with Crippen LogP contribution in [0.15, 0.2) is 48.6 Å². The largest absolute Gasteiger partial charge is 0.480 e. The highest BCUT2D eigenvalue weighted by Crippen LogP contribution is 2.31. The molecular formula is C31H47N3O9S. The summed E-state index contributed by atoms with van der Waals surface area (Å²) in [6, 6.07) is -1.37. The van der Waals surface area contributed by atoms with E-state index in [0.717, 1.165) is 29.5 Å². The Morgan fingerprint density at radius 1 is 1.11 bits per heavy atom. The van der Waals surface area contributed by atoms with Crippen molar-refractivity contribution in [3.8, 4) is 0 Å². The van der Waals surface area contributed by atoms with Gasteiger partial charge in [-0.1, -0.05) is 68.4 Å². The number of likely N-dealkylation sites (tertiary alicyclic amines) is 1. The number of aliphatic carboxylic acids is 2. The molecule has 6 N–H and O–H groups in total. The third-order valence-electron chi connectivity index (χ3n) is 6.89. The van der Waals surface area contributed by atoms with Crippen molar-refractivity contribution in [3.05, 3.63) is 48.6 Å². The van der Waals surface area contributed by atoms with Gasteiger partial charge in [-0.15, -0.1) is 11.8 Å². The Bertz CT molecular complexity index is 1080. The van der Waals surface area contributed by atoms with E-state index in [-0.39, 0.29) is 31.4 Å². The van der Waals surface area contributed by atoms with Gasteiger partial charge < -0.3 is 30.3 Å². The highest BCUT2D eigenvalue weighted by Gasteiger charge is 2.51. The van der Waals surface area contributed by atoms with Crippen LogP contribution < -0.4 is 11.1 Å². The van der Waals surface area contributed by atoms with E-state index in [2.05, 4.69) is 29.1 Å². The zero-order chi connectivity index (χ0) is 33.0. The number of methoxy groups -OCH3 is 1. The molecule has 1 aliphatic rings. The maximum atomic E-state index is 13.2. The molecule has 0 aromatic rings. The fourth-order valence-corrected chi connectivity index (χ4v) is 5.75. The number of carbonyl (C=O) groups is 5. The summed E-state index contributed by atoms with van der Waals surface area (Å²) in [7, 11) is 1.27. The van der Waals surface area contributed by atoms with Gasteiger partial charge in [0.25, 0.3) is 5.91 Å². The number of hydrogen-bond donors (Lipinski definition) is 5. The lowest BCUT2D eigenvalue weighted by Gasteiger charge is -2.39. The smallest absolute Gasteiger partial charge is 0.326 e. The number of thioether (sulfide) groups is 1. The Balaban J connectivity index is 3.09. The Morgan fingerprint density at radius 3 is 2.50 bits per heavy atom. The third-order valence-corrected chi connectivity index (χ3v) is 8.35. The lowest BCUT2D eigenvalue weighted by molar-refractivity contribution is -0.155. The van der Waals surface area contributed by atoms with Crippen LogP contribution in [0.25, 0.3) is 0 Å². The van der Waals surface area contributed by atoms with E-state index in [1.807, 2.05) is 18.2 Å². The van der Waals surface area contributed by atoms with Gasteiger partial charge in [0.15, 0.2) is 5.66 Å². The van der Waals surface area contributed by atoms with Crippen LogP contribution in [0.2, 0.25) is 0 Å². The minimum Gasteiger partial charge on any atom is -0.480 e. The molecule has 12 nitrogen and oxygen atoms in total. The van der Waals surface area contributed by atoms with Gasteiger partial charge in [-0.2, -0.15) is 0 Å². The predicted octanol–water partition coefficient (Wildman–Crippen LogP) is 2.92. The lowest BCUT2D eigenvalue weighted by atomic mass is 10.1. The Hall–Kier alpha value is -3.42. The number of hydrogen-bond acceptors (Lipinski definition) is 9. The Morgan fingerprint density at radius 2 is 1.84 bits per heavy atom. The number of aliphatic hydroxyl groups excluding tert-OH is 1. The molecule has 2 amide bonds. The number of nitrogens with two attached hydrogens (primary N) is 1. The highest BCUT2D eigenvalue weighted by atomic mass is 32.2. The van der Waals surface area contributed by atoms with Gasteiger partial charge in [0.2, 0.25) is 5.91 Å². The molecule has 246 valence electrons. The summed E-state index contributed by atoms with van der Waals surface area (Å²) in [5, 5.41) is 31.2. The minimum atomic E-state index is -2.21. The van der Waals surface area contributed by atoms with E-state index < -0.39 is 59.3 Å². The number of carboxylic acid groups (broad SMARTS) is 2. The fourth-order valence-electron chi connectivity index (χ4n) is 4.48. The van der Waals surface area contributed by atoms with Crippen molar-refractivity contribution in [2.24, 2.45) is 5.73 Å². The number of allylic oxidation sites excluding steroid dienone is 7. The normalized spacial score (nSPS) is 18.3. The molecule has 0 radical (unpaired) electrons. The van der Waals surface area contributed by atoms with Crippen LogP contribution in [0.1, 0.15) is 71.1 Å². The Labute approximate surface area is 263 Å². The number of unbranched alkanes of at least 4 members (excludes halogenated alkanes) is 3. The second-order valence-corrected chi connectivity index (χ2v) is 11.5. The van der Waals surface area contributed by atoms with Crippen LogP contribution in [0.4, 0.5) is 0 Å². The SMILES string of the molecule is CCCCC/C=C\C\C=C/C=C\C=C/[C@@H](SC[C@](N)(C(=O)NCC(=O)O)N1C(=O)CC[C@H]1C(=O)O)[C@@H](O)CCCC(=O)OC. The molecule has 1 rings (SSSR count). The molecule has 13 heteroatoms. The number of ether oxygens (including phenoxy) is 1. The first-order valence-electron chi connectivity index (χ1n) is 14.8. The highest BCUT2D eigenvalue weighted by molar-refractivity contribution is 8.00. The number of nitrogens with zero attached hydrogens (tertiary/aromatic N) is 1. The number of aliphatic hydroxyl groups is 1. The molecular weight excluding hydrogens is 590 g/mol. The zero-order valence-corrected chi connectivity index (χ0v) is 26.4. The molecule has 0 bridgehead atoms. The topological polar surface area (TPSA) is 197 Å². The van der Waals surface area contributed by atoms with E-state index >= 15 is 0 Å². The molecule has 0 unspecified atom stereocenters. The molecule has 0 saturated carbocycles. The third kappa shape index (κ3) is 13.9. The number of carbonyl (C=O) groups excluding carboxylic acids is 3. The van der Waals surface area contributed by atoms with Gasteiger partial charge in [-0.05, 0) is 38.5 Å². The number of rotatable bonds is 22. The molecule has 0 aliphatic carbocycles. The minimum absolute atomic E-state index is 0.0591. The first-order chi connectivity index (χ1) is 21.0. The van der Waals surface area contributed by atoms with Gasteiger partial charge in [-0.3, -0.25) is 24.9 Å². The molecule has 0 spiro atoms. The summed E-state index contributed by atoms with van der Waals surface area (Å²) in [6.45, 7) is 1.39. The lowest BCUT2D eigenvalue weighted by Crippen LogP contribution is -2.70. The molecule has 44 heavy (non-hydrogen) atoms. The predicted molar refractivity (Wildman–Crippen MR) is 169 cm³/mol. The van der Waals surface area contributed by atoms with Crippen molar-refractivity contribution < 1.29 is 44.0 Å². The number of esters is 1. The summed E-state index contributed by atoms with van der Waals surface area (Å²) < 4.78 is 4.65.